The Kier molecular flexibility index (Phi) is 7.14. The Labute approximate surface area is 179 Å². The Morgan fingerprint density at radius 3 is 2.60 bits per heavy atom. The number of hydrogen-bond acceptors (Lipinski definition) is 5. The lowest BCUT2D eigenvalue weighted by molar-refractivity contribution is -0.137. The second-order valence-electron chi connectivity index (χ2n) is 6.37. The summed E-state index contributed by atoms with van der Waals surface area (Å²) in [6, 6.07) is 10.4. The van der Waals surface area contributed by atoms with Gasteiger partial charge in [-0.05, 0) is 36.8 Å². The summed E-state index contributed by atoms with van der Waals surface area (Å²) in [4.78, 5) is 4.52. The molecule has 9 heteroatoms. The van der Waals surface area contributed by atoms with Crippen LogP contribution in [0.15, 0.2) is 47.8 Å². The molecule has 2 aromatic carbocycles. The number of benzene rings is 2. The van der Waals surface area contributed by atoms with Crippen LogP contribution in [-0.2, 0) is 28.5 Å². The fourth-order valence-corrected chi connectivity index (χ4v) is 4.87. The third-order valence-electron chi connectivity index (χ3n) is 4.15. The predicted octanol–water partition coefficient (Wildman–Crippen LogP) is 5.69. The Bertz CT molecular complexity index is 1030. The molecule has 3 aromatic rings. The minimum Gasteiger partial charge on any atom is -0.493 e. The number of alkyl halides is 3. The van der Waals surface area contributed by atoms with Gasteiger partial charge >= 0.3 is 6.18 Å². The summed E-state index contributed by atoms with van der Waals surface area (Å²) in [5, 5.41) is 2.55. The molecule has 0 aliphatic heterocycles. The van der Waals surface area contributed by atoms with E-state index in [0.717, 1.165) is 22.7 Å². The maximum absolute atomic E-state index is 12.8. The minimum absolute atomic E-state index is 0.0354. The summed E-state index contributed by atoms with van der Waals surface area (Å²) in [5.41, 5.74) is 1.12. The molecule has 4 nitrogen and oxygen atoms in total. The van der Waals surface area contributed by atoms with Gasteiger partial charge in [-0.25, -0.2) is 4.98 Å². The fourth-order valence-electron chi connectivity index (χ4n) is 2.82. The Morgan fingerprint density at radius 2 is 1.90 bits per heavy atom. The van der Waals surface area contributed by atoms with Crippen molar-refractivity contribution in [3.8, 4) is 22.1 Å². The zero-order valence-electron chi connectivity index (χ0n) is 16.4. The Balaban J connectivity index is 1.69. The standard InChI is InChI=1S/C21H20F3NO3S2/c1-3-28-18-8-7-15(10-19(18)27-2)20-25-17(11-29-20)13-30(26)12-14-5-4-6-16(9-14)21(22,23)24/h4-11H,3,12-13H2,1-2H3/t30-/m0/s1. The molecule has 30 heavy (non-hydrogen) atoms. The lowest BCUT2D eigenvalue weighted by Crippen LogP contribution is -2.06. The van der Waals surface area contributed by atoms with E-state index in [9.17, 15) is 17.4 Å². The molecule has 0 bridgehead atoms. The molecule has 0 N–H and O–H groups in total. The highest BCUT2D eigenvalue weighted by Crippen LogP contribution is 2.34. The molecule has 0 fully saturated rings. The van der Waals surface area contributed by atoms with Crippen LogP contribution >= 0.6 is 11.3 Å². The largest absolute Gasteiger partial charge is 0.493 e. The van der Waals surface area contributed by atoms with Crippen molar-refractivity contribution >= 4 is 22.1 Å². The van der Waals surface area contributed by atoms with Crippen LogP contribution < -0.4 is 9.47 Å². The summed E-state index contributed by atoms with van der Waals surface area (Å²) in [5.74, 6) is 1.44. The van der Waals surface area contributed by atoms with E-state index in [1.807, 2.05) is 30.5 Å². The first kappa shape index (κ1) is 22.3. The predicted molar refractivity (Wildman–Crippen MR) is 112 cm³/mol. The molecule has 1 aromatic heterocycles. The minimum atomic E-state index is -4.42. The number of aromatic nitrogens is 1. The van der Waals surface area contributed by atoms with Gasteiger partial charge in [0.1, 0.15) is 5.01 Å². The highest BCUT2D eigenvalue weighted by Gasteiger charge is 2.30. The van der Waals surface area contributed by atoms with Gasteiger partial charge in [0.15, 0.2) is 11.5 Å². The first-order chi connectivity index (χ1) is 14.3. The number of rotatable bonds is 8. The Hall–Kier alpha value is -2.39. The molecule has 0 radical (unpaired) electrons. The van der Waals surface area contributed by atoms with Crippen molar-refractivity contribution in [1.82, 2.24) is 4.98 Å². The van der Waals surface area contributed by atoms with Gasteiger partial charge in [0, 0.05) is 27.5 Å². The van der Waals surface area contributed by atoms with Crippen LogP contribution in [0, 0.1) is 0 Å². The van der Waals surface area contributed by atoms with E-state index in [4.69, 9.17) is 9.47 Å². The third-order valence-corrected chi connectivity index (χ3v) is 6.37. The highest BCUT2D eigenvalue weighted by molar-refractivity contribution is 7.83. The van der Waals surface area contributed by atoms with Crippen molar-refractivity contribution in [3.63, 3.8) is 0 Å². The highest BCUT2D eigenvalue weighted by atomic mass is 32.2. The van der Waals surface area contributed by atoms with Gasteiger partial charge in [-0.15, -0.1) is 11.3 Å². The first-order valence-corrected chi connectivity index (χ1v) is 11.4. The number of thiazole rings is 1. The zero-order valence-corrected chi connectivity index (χ0v) is 18.0. The van der Waals surface area contributed by atoms with Crippen LogP contribution in [0.3, 0.4) is 0 Å². The van der Waals surface area contributed by atoms with Crippen molar-refractivity contribution in [2.45, 2.75) is 24.6 Å². The third kappa shape index (κ3) is 5.60. The van der Waals surface area contributed by atoms with Gasteiger partial charge in [0.05, 0.1) is 30.7 Å². The lowest BCUT2D eigenvalue weighted by atomic mass is 10.1. The van der Waals surface area contributed by atoms with Crippen LogP contribution in [0.25, 0.3) is 10.6 Å². The number of halogens is 3. The molecule has 1 heterocycles. The van der Waals surface area contributed by atoms with Gasteiger partial charge < -0.3 is 9.47 Å². The van der Waals surface area contributed by atoms with Crippen LogP contribution in [-0.4, -0.2) is 22.9 Å². The molecular weight excluding hydrogens is 435 g/mol. The van der Waals surface area contributed by atoms with E-state index in [1.165, 1.54) is 17.4 Å². The maximum Gasteiger partial charge on any atom is 0.416 e. The molecule has 0 saturated carbocycles. The van der Waals surface area contributed by atoms with E-state index < -0.39 is 22.5 Å². The van der Waals surface area contributed by atoms with E-state index in [-0.39, 0.29) is 11.5 Å². The second-order valence-corrected chi connectivity index (χ2v) is 8.68. The summed E-state index contributed by atoms with van der Waals surface area (Å²) in [6.07, 6.45) is -4.42. The van der Waals surface area contributed by atoms with Gasteiger partial charge in [-0.2, -0.15) is 13.2 Å². The average Bonchev–Trinajstić information content (AvgIpc) is 3.16. The van der Waals surface area contributed by atoms with E-state index in [1.54, 1.807) is 13.2 Å². The SMILES string of the molecule is CCOc1ccc(-c2nc(C[S@@](=O)Cc3cccc(C(F)(F)F)c3)cs2)cc1OC. The van der Waals surface area contributed by atoms with Crippen LogP contribution in [0.1, 0.15) is 23.7 Å². The fraction of sp³-hybridized carbons (Fsp3) is 0.286. The van der Waals surface area contributed by atoms with Crippen molar-refractivity contribution in [2.24, 2.45) is 0 Å². The smallest absolute Gasteiger partial charge is 0.416 e. The van der Waals surface area contributed by atoms with Gasteiger partial charge in [-0.3, -0.25) is 4.21 Å². The number of ether oxygens (including phenoxy) is 2. The van der Waals surface area contributed by atoms with Crippen LogP contribution in [0.4, 0.5) is 13.2 Å². The van der Waals surface area contributed by atoms with Crippen molar-refractivity contribution in [1.29, 1.82) is 0 Å². The number of hydrogen-bond donors (Lipinski definition) is 0. The molecule has 1 atom stereocenters. The number of nitrogens with zero attached hydrogens (tertiary/aromatic N) is 1. The average molecular weight is 456 g/mol. The molecule has 160 valence electrons. The van der Waals surface area contributed by atoms with Crippen molar-refractivity contribution in [3.05, 3.63) is 64.7 Å². The van der Waals surface area contributed by atoms with Gasteiger partial charge in [-0.1, -0.05) is 18.2 Å². The normalized spacial score (nSPS) is 12.6. The monoisotopic (exact) mass is 455 g/mol. The second kappa shape index (κ2) is 9.61. The molecule has 0 aliphatic carbocycles. The molecule has 0 spiro atoms. The van der Waals surface area contributed by atoms with E-state index >= 15 is 0 Å². The first-order valence-electron chi connectivity index (χ1n) is 9.07. The molecule has 0 saturated heterocycles. The molecule has 3 rings (SSSR count). The topological polar surface area (TPSA) is 48.4 Å². The molecule has 0 unspecified atom stereocenters. The number of methoxy groups -OCH3 is 1. The quantitative estimate of drug-likeness (QED) is 0.438. The summed E-state index contributed by atoms with van der Waals surface area (Å²) < 4.78 is 61.8. The summed E-state index contributed by atoms with van der Waals surface area (Å²) in [7, 11) is 0.181. The summed E-state index contributed by atoms with van der Waals surface area (Å²) >= 11 is 1.40. The lowest BCUT2D eigenvalue weighted by Gasteiger charge is -2.10. The van der Waals surface area contributed by atoms with Gasteiger partial charge in [0.25, 0.3) is 0 Å². The van der Waals surface area contributed by atoms with Crippen LogP contribution in [0.5, 0.6) is 11.5 Å². The molecular formula is C21H20F3NO3S2. The zero-order chi connectivity index (χ0) is 21.7. The maximum atomic E-state index is 12.8. The Morgan fingerprint density at radius 1 is 1.10 bits per heavy atom. The van der Waals surface area contributed by atoms with Gasteiger partial charge in [0.2, 0.25) is 0 Å². The van der Waals surface area contributed by atoms with Crippen LogP contribution in [0.2, 0.25) is 0 Å². The van der Waals surface area contributed by atoms with Crippen molar-refractivity contribution < 1.29 is 26.9 Å². The van der Waals surface area contributed by atoms with Crippen molar-refractivity contribution in [2.75, 3.05) is 13.7 Å². The van der Waals surface area contributed by atoms with E-state index in [0.29, 0.717) is 29.4 Å². The molecule has 0 amide bonds. The summed E-state index contributed by atoms with van der Waals surface area (Å²) in [6.45, 7) is 2.41. The van der Waals surface area contributed by atoms with E-state index in [2.05, 4.69) is 4.98 Å². The molecule has 0 aliphatic rings.